The van der Waals surface area contributed by atoms with Crippen LogP contribution in [0.4, 0.5) is 0 Å². The summed E-state index contributed by atoms with van der Waals surface area (Å²) in [6.07, 6.45) is 8.94. The van der Waals surface area contributed by atoms with Crippen molar-refractivity contribution in [1.29, 1.82) is 0 Å². The SMILES string of the molecule is OCCC1(C2=CCCC=C2)OCCO1. The van der Waals surface area contributed by atoms with Gasteiger partial charge in [-0.2, -0.15) is 0 Å². The quantitative estimate of drug-likeness (QED) is 0.741. The third kappa shape index (κ3) is 1.75. The van der Waals surface area contributed by atoms with Crippen LogP contribution in [-0.4, -0.2) is 30.7 Å². The molecule has 2 aliphatic rings. The zero-order valence-corrected chi connectivity index (χ0v) is 8.24. The lowest BCUT2D eigenvalue weighted by Gasteiger charge is -2.29. The van der Waals surface area contributed by atoms with Crippen molar-refractivity contribution in [2.24, 2.45) is 0 Å². The number of aliphatic hydroxyl groups is 1. The molecule has 0 atom stereocenters. The van der Waals surface area contributed by atoms with Crippen LogP contribution in [0.25, 0.3) is 0 Å². The molecule has 0 saturated carbocycles. The molecule has 1 aliphatic heterocycles. The molecule has 1 fully saturated rings. The molecule has 78 valence electrons. The lowest BCUT2D eigenvalue weighted by molar-refractivity contribution is -0.134. The van der Waals surface area contributed by atoms with Crippen LogP contribution in [0.3, 0.4) is 0 Å². The molecule has 0 aromatic rings. The van der Waals surface area contributed by atoms with E-state index in [1.165, 1.54) is 0 Å². The van der Waals surface area contributed by atoms with Crippen molar-refractivity contribution in [3.8, 4) is 0 Å². The molecule has 1 aliphatic carbocycles. The highest BCUT2D eigenvalue weighted by atomic mass is 16.7. The highest BCUT2D eigenvalue weighted by molar-refractivity contribution is 5.30. The number of hydrogen-bond acceptors (Lipinski definition) is 3. The Morgan fingerprint density at radius 2 is 2.07 bits per heavy atom. The van der Waals surface area contributed by atoms with E-state index < -0.39 is 5.79 Å². The first-order valence-electron chi connectivity index (χ1n) is 5.13. The highest BCUT2D eigenvalue weighted by Crippen LogP contribution is 2.33. The van der Waals surface area contributed by atoms with Crippen LogP contribution in [0.15, 0.2) is 23.8 Å². The molecule has 0 radical (unpaired) electrons. The fraction of sp³-hybridized carbons (Fsp3) is 0.636. The van der Waals surface area contributed by atoms with E-state index in [2.05, 4.69) is 12.2 Å². The summed E-state index contributed by atoms with van der Waals surface area (Å²) in [4.78, 5) is 0. The van der Waals surface area contributed by atoms with E-state index in [0.717, 1.165) is 18.4 Å². The van der Waals surface area contributed by atoms with Gasteiger partial charge in [0.15, 0.2) is 5.79 Å². The summed E-state index contributed by atoms with van der Waals surface area (Å²) >= 11 is 0. The molecule has 0 aromatic carbocycles. The predicted octanol–water partition coefficient (Wildman–Crippen LogP) is 1.39. The lowest BCUT2D eigenvalue weighted by atomic mass is 9.97. The van der Waals surface area contributed by atoms with Crippen molar-refractivity contribution in [3.63, 3.8) is 0 Å². The van der Waals surface area contributed by atoms with Crippen molar-refractivity contribution in [1.82, 2.24) is 0 Å². The maximum atomic E-state index is 9.01. The molecule has 3 nitrogen and oxygen atoms in total. The minimum Gasteiger partial charge on any atom is -0.396 e. The number of aliphatic hydroxyl groups excluding tert-OH is 1. The predicted molar refractivity (Wildman–Crippen MR) is 52.8 cm³/mol. The van der Waals surface area contributed by atoms with E-state index in [0.29, 0.717) is 19.6 Å². The molecular formula is C11H16O3. The van der Waals surface area contributed by atoms with Gasteiger partial charge in [0.1, 0.15) is 0 Å². The van der Waals surface area contributed by atoms with Gasteiger partial charge in [-0.25, -0.2) is 0 Å². The minimum atomic E-state index is -0.661. The van der Waals surface area contributed by atoms with Gasteiger partial charge in [0.05, 0.1) is 13.2 Å². The summed E-state index contributed by atoms with van der Waals surface area (Å²) in [5.41, 5.74) is 1.07. The zero-order chi connectivity index (χ0) is 9.86. The van der Waals surface area contributed by atoms with Crippen LogP contribution in [0.5, 0.6) is 0 Å². The Labute approximate surface area is 84.0 Å². The summed E-state index contributed by atoms with van der Waals surface area (Å²) in [5.74, 6) is -0.661. The normalized spacial score (nSPS) is 25.1. The number of hydrogen-bond donors (Lipinski definition) is 1. The van der Waals surface area contributed by atoms with Crippen molar-refractivity contribution in [2.75, 3.05) is 19.8 Å². The first-order valence-corrected chi connectivity index (χ1v) is 5.13. The van der Waals surface area contributed by atoms with E-state index in [4.69, 9.17) is 14.6 Å². The Bertz CT molecular complexity index is 249. The zero-order valence-electron chi connectivity index (χ0n) is 8.24. The number of allylic oxidation sites excluding steroid dienone is 2. The van der Waals surface area contributed by atoms with Crippen molar-refractivity contribution in [3.05, 3.63) is 23.8 Å². The van der Waals surface area contributed by atoms with Crippen molar-refractivity contribution in [2.45, 2.75) is 25.0 Å². The largest absolute Gasteiger partial charge is 0.396 e. The van der Waals surface area contributed by atoms with E-state index in [9.17, 15) is 0 Å². The number of rotatable bonds is 3. The second kappa shape index (κ2) is 4.26. The van der Waals surface area contributed by atoms with Crippen LogP contribution >= 0.6 is 0 Å². The molecule has 0 bridgehead atoms. The molecule has 0 unspecified atom stereocenters. The van der Waals surface area contributed by atoms with E-state index in [-0.39, 0.29) is 6.61 Å². The van der Waals surface area contributed by atoms with E-state index in [1.807, 2.05) is 6.08 Å². The molecule has 1 heterocycles. The van der Waals surface area contributed by atoms with Gasteiger partial charge in [0, 0.05) is 18.6 Å². The second-order valence-electron chi connectivity index (χ2n) is 3.56. The fourth-order valence-corrected chi connectivity index (χ4v) is 1.95. The first-order chi connectivity index (χ1) is 6.87. The topological polar surface area (TPSA) is 38.7 Å². The van der Waals surface area contributed by atoms with Gasteiger partial charge >= 0.3 is 0 Å². The maximum absolute atomic E-state index is 9.01. The van der Waals surface area contributed by atoms with Gasteiger partial charge in [-0.1, -0.05) is 18.2 Å². The van der Waals surface area contributed by atoms with Crippen LogP contribution < -0.4 is 0 Å². The van der Waals surface area contributed by atoms with Crippen LogP contribution in [0.1, 0.15) is 19.3 Å². The van der Waals surface area contributed by atoms with Crippen molar-refractivity contribution >= 4 is 0 Å². The van der Waals surface area contributed by atoms with Gasteiger partial charge in [0.2, 0.25) is 0 Å². The summed E-state index contributed by atoms with van der Waals surface area (Å²) in [7, 11) is 0. The third-order valence-electron chi connectivity index (χ3n) is 2.63. The standard InChI is InChI=1S/C11H16O3/c12-7-6-11(13-8-9-14-11)10-4-2-1-3-5-10/h2,4-5,12H,1,3,6-9H2. The molecule has 0 aromatic heterocycles. The van der Waals surface area contributed by atoms with E-state index in [1.54, 1.807) is 0 Å². The Kier molecular flexibility index (Phi) is 3.01. The second-order valence-corrected chi connectivity index (χ2v) is 3.56. The Hall–Kier alpha value is -0.640. The molecule has 1 N–H and O–H groups in total. The monoisotopic (exact) mass is 196 g/mol. The number of ether oxygens (including phenoxy) is 2. The highest BCUT2D eigenvalue weighted by Gasteiger charge is 2.38. The summed E-state index contributed by atoms with van der Waals surface area (Å²) in [6.45, 7) is 1.32. The first kappa shape index (κ1) is 9.90. The van der Waals surface area contributed by atoms with Gasteiger partial charge in [0.25, 0.3) is 0 Å². The third-order valence-corrected chi connectivity index (χ3v) is 2.63. The molecule has 0 spiro atoms. The van der Waals surface area contributed by atoms with Crippen LogP contribution in [0.2, 0.25) is 0 Å². The maximum Gasteiger partial charge on any atom is 0.196 e. The van der Waals surface area contributed by atoms with Crippen molar-refractivity contribution < 1.29 is 14.6 Å². The lowest BCUT2D eigenvalue weighted by Crippen LogP contribution is -2.33. The Balaban J connectivity index is 2.17. The summed E-state index contributed by atoms with van der Waals surface area (Å²) in [6, 6.07) is 0. The average Bonchev–Trinajstić information content (AvgIpc) is 2.70. The van der Waals surface area contributed by atoms with Gasteiger partial charge in [-0.15, -0.1) is 0 Å². The Morgan fingerprint density at radius 1 is 1.29 bits per heavy atom. The molecular weight excluding hydrogens is 180 g/mol. The van der Waals surface area contributed by atoms with E-state index >= 15 is 0 Å². The van der Waals surface area contributed by atoms with Crippen LogP contribution in [0, 0.1) is 0 Å². The Morgan fingerprint density at radius 3 is 2.64 bits per heavy atom. The van der Waals surface area contributed by atoms with Gasteiger partial charge in [-0.3, -0.25) is 0 Å². The molecule has 2 rings (SSSR count). The average molecular weight is 196 g/mol. The fourth-order valence-electron chi connectivity index (χ4n) is 1.95. The van der Waals surface area contributed by atoms with Gasteiger partial charge < -0.3 is 14.6 Å². The molecule has 1 saturated heterocycles. The molecule has 14 heavy (non-hydrogen) atoms. The summed E-state index contributed by atoms with van der Waals surface area (Å²) < 4.78 is 11.2. The summed E-state index contributed by atoms with van der Waals surface area (Å²) in [5, 5.41) is 9.01. The molecule has 3 heteroatoms. The molecule has 0 amide bonds. The minimum absolute atomic E-state index is 0.0885. The smallest absolute Gasteiger partial charge is 0.196 e. The van der Waals surface area contributed by atoms with Crippen LogP contribution in [-0.2, 0) is 9.47 Å². The van der Waals surface area contributed by atoms with Gasteiger partial charge in [-0.05, 0) is 12.8 Å².